The van der Waals surface area contributed by atoms with Crippen LogP contribution in [0.15, 0.2) is 29.4 Å². The quantitative estimate of drug-likeness (QED) is 0.626. The number of hydrogen-bond donors (Lipinski definition) is 1. The molecule has 88 valence electrons. The Morgan fingerprint density at radius 2 is 2.35 bits per heavy atom. The van der Waals surface area contributed by atoms with Crippen molar-refractivity contribution >= 4 is 17.4 Å². The second-order valence-electron chi connectivity index (χ2n) is 3.48. The molecule has 0 aromatic heterocycles. The highest BCUT2D eigenvalue weighted by atomic mass is 16.7. The molecule has 0 saturated carbocycles. The predicted molar refractivity (Wildman–Crippen MR) is 56.8 cm³/mol. The summed E-state index contributed by atoms with van der Waals surface area (Å²) in [5, 5.41) is 22.9. The fourth-order valence-electron chi connectivity index (χ4n) is 1.48. The zero-order valence-corrected chi connectivity index (χ0v) is 8.57. The zero-order valence-electron chi connectivity index (χ0n) is 8.57. The third kappa shape index (κ3) is 2.22. The van der Waals surface area contributed by atoms with Crippen molar-refractivity contribution in [1.29, 1.82) is 0 Å². The van der Waals surface area contributed by atoms with Gasteiger partial charge in [0.2, 0.25) is 6.10 Å². The molecule has 1 atom stereocenters. The minimum atomic E-state index is -1.10. The maximum atomic E-state index is 10.6. The maximum Gasteiger partial charge on any atom is 0.348 e. The number of nitrogens with zero attached hydrogens (tertiary/aromatic N) is 2. The summed E-state index contributed by atoms with van der Waals surface area (Å²) in [5.41, 5.74) is 0.841. The van der Waals surface area contributed by atoms with Gasteiger partial charge in [0.25, 0.3) is 5.69 Å². The molecule has 0 radical (unpaired) electrons. The number of non-ortho nitro benzene ring substituents is 1. The fourth-order valence-corrected chi connectivity index (χ4v) is 1.48. The van der Waals surface area contributed by atoms with E-state index in [0.717, 1.165) is 0 Å². The van der Waals surface area contributed by atoms with E-state index in [1.54, 1.807) is 6.07 Å². The lowest BCUT2D eigenvalue weighted by Gasteiger charge is -2.00. The van der Waals surface area contributed by atoms with E-state index >= 15 is 0 Å². The normalized spacial score (nSPS) is 18.4. The molecular formula is C10H8N2O5. The van der Waals surface area contributed by atoms with Gasteiger partial charge in [-0.3, -0.25) is 10.1 Å². The number of nitro groups is 1. The van der Waals surface area contributed by atoms with Crippen molar-refractivity contribution in [2.75, 3.05) is 0 Å². The van der Waals surface area contributed by atoms with Gasteiger partial charge in [-0.15, -0.1) is 0 Å². The number of carboxylic acid groups (broad SMARTS) is 1. The average molecular weight is 236 g/mol. The van der Waals surface area contributed by atoms with Crippen LogP contribution in [0.5, 0.6) is 0 Å². The smallest absolute Gasteiger partial charge is 0.348 e. The first kappa shape index (κ1) is 11.1. The van der Waals surface area contributed by atoms with E-state index in [4.69, 9.17) is 9.94 Å². The Labute approximate surface area is 95.5 Å². The molecule has 1 aromatic carbocycles. The molecule has 1 heterocycles. The highest BCUT2D eigenvalue weighted by Crippen LogP contribution is 2.20. The molecule has 17 heavy (non-hydrogen) atoms. The van der Waals surface area contributed by atoms with Crippen LogP contribution in [0.2, 0.25) is 0 Å². The molecule has 1 aliphatic rings. The van der Waals surface area contributed by atoms with Crippen molar-refractivity contribution < 1.29 is 19.7 Å². The van der Waals surface area contributed by atoms with E-state index in [0.29, 0.717) is 11.3 Å². The summed E-state index contributed by atoms with van der Waals surface area (Å²) < 4.78 is 0. The average Bonchev–Trinajstić information content (AvgIpc) is 2.78. The molecule has 7 heteroatoms. The van der Waals surface area contributed by atoms with Crippen molar-refractivity contribution in [3.05, 3.63) is 39.9 Å². The summed E-state index contributed by atoms with van der Waals surface area (Å²) >= 11 is 0. The lowest BCUT2D eigenvalue weighted by molar-refractivity contribution is -0.384. The molecule has 0 aliphatic carbocycles. The first-order valence-corrected chi connectivity index (χ1v) is 4.78. The van der Waals surface area contributed by atoms with Crippen molar-refractivity contribution in [1.82, 2.24) is 0 Å². The predicted octanol–water partition coefficient (Wildman–Crippen LogP) is 1.17. The van der Waals surface area contributed by atoms with Gasteiger partial charge < -0.3 is 9.94 Å². The van der Waals surface area contributed by atoms with Crippen molar-refractivity contribution in [2.24, 2.45) is 5.16 Å². The van der Waals surface area contributed by atoms with E-state index in [1.165, 1.54) is 18.2 Å². The molecular weight excluding hydrogens is 228 g/mol. The summed E-state index contributed by atoms with van der Waals surface area (Å²) in [7, 11) is 0. The fraction of sp³-hybridized carbons (Fsp3) is 0.200. The van der Waals surface area contributed by atoms with E-state index < -0.39 is 17.0 Å². The largest absolute Gasteiger partial charge is 0.478 e. The molecule has 0 amide bonds. The van der Waals surface area contributed by atoms with Crippen LogP contribution >= 0.6 is 0 Å². The number of rotatable bonds is 3. The Morgan fingerprint density at radius 1 is 1.59 bits per heavy atom. The second-order valence-corrected chi connectivity index (χ2v) is 3.48. The first-order chi connectivity index (χ1) is 8.08. The molecule has 2 rings (SSSR count). The number of nitro benzene ring substituents is 1. The molecule has 0 saturated heterocycles. The van der Waals surface area contributed by atoms with E-state index in [9.17, 15) is 14.9 Å². The Hall–Kier alpha value is -2.44. The summed E-state index contributed by atoms with van der Waals surface area (Å²) in [4.78, 5) is 25.4. The van der Waals surface area contributed by atoms with Crippen LogP contribution in [0.1, 0.15) is 12.0 Å². The van der Waals surface area contributed by atoms with E-state index in [1.807, 2.05) is 0 Å². The first-order valence-electron chi connectivity index (χ1n) is 4.78. The van der Waals surface area contributed by atoms with Gasteiger partial charge in [0.15, 0.2) is 0 Å². The van der Waals surface area contributed by atoms with E-state index in [2.05, 4.69) is 5.16 Å². The topological polar surface area (TPSA) is 102 Å². The Kier molecular flexibility index (Phi) is 2.73. The molecule has 0 spiro atoms. The number of oxime groups is 1. The number of carbonyl (C=O) groups is 1. The van der Waals surface area contributed by atoms with E-state index in [-0.39, 0.29) is 12.1 Å². The molecule has 1 N–H and O–H groups in total. The molecule has 1 aliphatic heterocycles. The van der Waals surface area contributed by atoms with Crippen molar-refractivity contribution in [2.45, 2.75) is 12.5 Å². The number of benzene rings is 1. The second kappa shape index (κ2) is 4.20. The summed E-state index contributed by atoms with van der Waals surface area (Å²) in [5.74, 6) is -1.10. The molecule has 7 nitrogen and oxygen atoms in total. The third-order valence-corrected chi connectivity index (χ3v) is 2.33. The minimum absolute atomic E-state index is 0.0658. The zero-order chi connectivity index (χ0) is 12.4. The van der Waals surface area contributed by atoms with Gasteiger partial charge in [-0.25, -0.2) is 4.79 Å². The van der Waals surface area contributed by atoms with Crippen molar-refractivity contribution in [3.8, 4) is 0 Å². The monoisotopic (exact) mass is 236 g/mol. The van der Waals surface area contributed by atoms with Gasteiger partial charge in [-0.05, 0) is 0 Å². The lowest BCUT2D eigenvalue weighted by Crippen LogP contribution is -2.19. The van der Waals surface area contributed by atoms with Gasteiger partial charge in [0, 0.05) is 24.1 Å². The summed E-state index contributed by atoms with van der Waals surface area (Å²) in [6.45, 7) is 0. The highest BCUT2D eigenvalue weighted by Gasteiger charge is 2.28. The molecule has 0 bridgehead atoms. The summed E-state index contributed by atoms with van der Waals surface area (Å²) in [6.07, 6.45) is -0.902. The summed E-state index contributed by atoms with van der Waals surface area (Å²) in [6, 6.07) is 5.84. The van der Waals surface area contributed by atoms with Crippen LogP contribution in [0.4, 0.5) is 5.69 Å². The number of aliphatic carboxylic acids is 1. The van der Waals surface area contributed by atoms with Gasteiger partial charge in [-0.2, -0.15) is 0 Å². The van der Waals surface area contributed by atoms with Crippen LogP contribution in [-0.4, -0.2) is 27.8 Å². The standard InChI is InChI=1S/C10H8N2O5/c13-10(14)9-5-8(11-17-9)6-2-1-3-7(4-6)12(15)16/h1-4,9H,5H2,(H,13,14). The highest BCUT2D eigenvalue weighted by molar-refractivity contribution is 6.03. The van der Waals surface area contributed by atoms with Gasteiger partial charge in [-0.1, -0.05) is 17.3 Å². The van der Waals surface area contributed by atoms with Crippen LogP contribution in [-0.2, 0) is 9.63 Å². The maximum absolute atomic E-state index is 10.6. The van der Waals surface area contributed by atoms with Gasteiger partial charge in [0.05, 0.1) is 10.6 Å². The molecule has 1 aromatic rings. The Bertz CT molecular complexity index is 511. The number of hydrogen-bond acceptors (Lipinski definition) is 5. The molecule has 0 fully saturated rings. The third-order valence-electron chi connectivity index (χ3n) is 2.33. The number of carboxylic acids is 1. The molecule has 1 unspecified atom stereocenters. The lowest BCUT2D eigenvalue weighted by atomic mass is 10.0. The van der Waals surface area contributed by atoms with Crippen LogP contribution < -0.4 is 0 Å². The van der Waals surface area contributed by atoms with Crippen LogP contribution in [0.25, 0.3) is 0 Å². The van der Waals surface area contributed by atoms with Crippen molar-refractivity contribution in [3.63, 3.8) is 0 Å². The van der Waals surface area contributed by atoms with Gasteiger partial charge in [0.1, 0.15) is 0 Å². The SMILES string of the molecule is O=C(O)C1CC(c2cccc([N+](=O)[O-])c2)=NO1. The Balaban J connectivity index is 2.22. The minimum Gasteiger partial charge on any atom is -0.478 e. The Morgan fingerprint density at radius 3 is 2.94 bits per heavy atom. The van der Waals surface area contributed by atoms with Crippen LogP contribution in [0, 0.1) is 10.1 Å². The van der Waals surface area contributed by atoms with Crippen LogP contribution in [0.3, 0.4) is 0 Å². The van der Waals surface area contributed by atoms with Gasteiger partial charge >= 0.3 is 5.97 Å².